The average molecular weight is 403 g/mol. The Labute approximate surface area is 161 Å². The maximum absolute atomic E-state index is 5.36. The van der Waals surface area contributed by atoms with Gasteiger partial charge in [-0.3, -0.25) is 0 Å². The SMILES string of the molecule is COc1ccccc1/C=C/c1nn2c(CSc3nnc(C)s3)nnc2s1. The molecular weight excluding hydrogens is 388 g/mol. The standard InChI is InChI=1S/C16H14N6OS3/c1-10-17-20-16(25-10)24-9-13-18-19-15-22(13)21-14(26-15)8-7-11-5-3-4-6-12(11)23-2/h3-8H,9H2,1-2H3/b8-7+. The van der Waals surface area contributed by atoms with E-state index in [-0.39, 0.29) is 0 Å². The predicted octanol–water partition coefficient (Wildman–Crippen LogP) is 3.82. The van der Waals surface area contributed by atoms with Crippen LogP contribution in [0.25, 0.3) is 17.1 Å². The van der Waals surface area contributed by atoms with Crippen LogP contribution in [-0.2, 0) is 5.75 Å². The molecule has 0 bridgehead atoms. The molecule has 0 spiro atoms. The maximum atomic E-state index is 5.36. The van der Waals surface area contributed by atoms with Crippen molar-refractivity contribution in [1.29, 1.82) is 0 Å². The van der Waals surface area contributed by atoms with Gasteiger partial charge in [-0.2, -0.15) is 9.61 Å². The molecule has 0 atom stereocenters. The zero-order chi connectivity index (χ0) is 17.9. The molecule has 7 nitrogen and oxygen atoms in total. The van der Waals surface area contributed by atoms with Gasteiger partial charge in [0.2, 0.25) is 4.96 Å². The quantitative estimate of drug-likeness (QED) is 0.454. The Morgan fingerprint density at radius 1 is 1.12 bits per heavy atom. The van der Waals surface area contributed by atoms with Crippen molar-refractivity contribution >= 4 is 51.5 Å². The monoisotopic (exact) mass is 402 g/mol. The number of hydrogen-bond acceptors (Lipinski definition) is 9. The van der Waals surface area contributed by atoms with Crippen LogP contribution >= 0.6 is 34.4 Å². The molecule has 1 aromatic carbocycles. The highest BCUT2D eigenvalue weighted by Crippen LogP contribution is 2.26. The Bertz CT molecular complexity index is 1070. The molecule has 0 unspecified atom stereocenters. The number of para-hydroxylation sites is 1. The van der Waals surface area contributed by atoms with Crippen molar-refractivity contribution in [3.8, 4) is 5.75 Å². The second kappa shape index (κ2) is 7.52. The summed E-state index contributed by atoms with van der Waals surface area (Å²) in [5, 5.41) is 23.0. The van der Waals surface area contributed by atoms with Gasteiger partial charge in [-0.25, -0.2) is 0 Å². The lowest BCUT2D eigenvalue weighted by Gasteiger charge is -2.02. The van der Waals surface area contributed by atoms with Crippen LogP contribution in [0.1, 0.15) is 21.4 Å². The van der Waals surface area contributed by atoms with Gasteiger partial charge in [0.1, 0.15) is 15.8 Å². The van der Waals surface area contributed by atoms with E-state index in [1.165, 1.54) is 11.3 Å². The van der Waals surface area contributed by atoms with E-state index >= 15 is 0 Å². The van der Waals surface area contributed by atoms with E-state index in [0.29, 0.717) is 5.75 Å². The molecule has 0 saturated carbocycles. The Kier molecular flexibility index (Phi) is 4.96. The van der Waals surface area contributed by atoms with Crippen LogP contribution in [0, 0.1) is 6.92 Å². The fourth-order valence-corrected chi connectivity index (χ4v) is 4.74. The lowest BCUT2D eigenvalue weighted by Crippen LogP contribution is -1.93. The van der Waals surface area contributed by atoms with Gasteiger partial charge in [-0.15, -0.1) is 20.4 Å². The van der Waals surface area contributed by atoms with E-state index in [4.69, 9.17) is 4.74 Å². The zero-order valence-electron chi connectivity index (χ0n) is 14.0. The van der Waals surface area contributed by atoms with Crippen molar-refractivity contribution in [3.05, 3.63) is 45.7 Å². The van der Waals surface area contributed by atoms with E-state index in [2.05, 4.69) is 25.5 Å². The van der Waals surface area contributed by atoms with E-state index in [1.807, 2.05) is 43.3 Å². The third-order valence-corrected chi connectivity index (χ3v) is 6.28. The van der Waals surface area contributed by atoms with Crippen LogP contribution in [-0.4, -0.2) is 37.1 Å². The number of fused-ring (bicyclic) bond motifs is 1. The molecule has 0 radical (unpaired) electrons. The highest BCUT2D eigenvalue weighted by atomic mass is 32.2. The summed E-state index contributed by atoms with van der Waals surface area (Å²) in [5.74, 6) is 2.28. The molecule has 3 aromatic heterocycles. The number of thioether (sulfide) groups is 1. The summed E-state index contributed by atoms with van der Waals surface area (Å²) in [6.45, 7) is 1.94. The van der Waals surface area contributed by atoms with Crippen molar-refractivity contribution in [2.45, 2.75) is 17.0 Å². The number of aromatic nitrogens is 6. The second-order valence-corrected chi connectivity index (χ2v) is 8.59. The molecule has 0 N–H and O–H groups in total. The number of nitrogens with zero attached hydrogens (tertiary/aromatic N) is 6. The third kappa shape index (κ3) is 3.62. The minimum atomic E-state index is 0.648. The van der Waals surface area contributed by atoms with Gasteiger partial charge in [0.05, 0.1) is 12.9 Å². The van der Waals surface area contributed by atoms with Crippen LogP contribution in [0.4, 0.5) is 0 Å². The zero-order valence-corrected chi connectivity index (χ0v) is 16.4. The van der Waals surface area contributed by atoms with Gasteiger partial charge in [-0.1, -0.05) is 52.6 Å². The molecule has 3 heterocycles. The molecule has 0 aliphatic carbocycles. The minimum Gasteiger partial charge on any atom is -0.496 e. The topological polar surface area (TPSA) is 78.1 Å². The first-order valence-corrected chi connectivity index (χ1v) is 10.3. The van der Waals surface area contributed by atoms with Crippen molar-refractivity contribution in [2.75, 3.05) is 7.11 Å². The largest absolute Gasteiger partial charge is 0.496 e. The van der Waals surface area contributed by atoms with Gasteiger partial charge in [0, 0.05) is 5.56 Å². The highest BCUT2D eigenvalue weighted by molar-refractivity contribution is 8.00. The maximum Gasteiger partial charge on any atom is 0.234 e. The average Bonchev–Trinajstić information content (AvgIpc) is 3.34. The molecule has 0 amide bonds. The number of methoxy groups -OCH3 is 1. The normalized spacial score (nSPS) is 11.6. The van der Waals surface area contributed by atoms with Gasteiger partial charge in [0.15, 0.2) is 10.2 Å². The third-order valence-electron chi connectivity index (χ3n) is 3.45. The summed E-state index contributed by atoms with van der Waals surface area (Å²) < 4.78 is 8.07. The number of aryl methyl sites for hydroxylation is 1. The van der Waals surface area contributed by atoms with Crippen molar-refractivity contribution in [1.82, 2.24) is 30.0 Å². The van der Waals surface area contributed by atoms with Crippen LogP contribution in [0.2, 0.25) is 0 Å². The van der Waals surface area contributed by atoms with Gasteiger partial charge in [0.25, 0.3) is 0 Å². The van der Waals surface area contributed by atoms with Crippen LogP contribution in [0.15, 0.2) is 28.6 Å². The highest BCUT2D eigenvalue weighted by Gasteiger charge is 2.12. The number of rotatable bonds is 6. The molecule has 0 aliphatic rings. The Morgan fingerprint density at radius 3 is 2.81 bits per heavy atom. The number of hydrogen-bond donors (Lipinski definition) is 0. The number of benzene rings is 1. The Morgan fingerprint density at radius 2 is 2.00 bits per heavy atom. The molecule has 4 aromatic rings. The summed E-state index contributed by atoms with van der Waals surface area (Å²) in [5.41, 5.74) is 1.00. The summed E-state index contributed by atoms with van der Waals surface area (Å²) in [6, 6.07) is 7.86. The van der Waals surface area contributed by atoms with Crippen LogP contribution < -0.4 is 4.74 Å². The van der Waals surface area contributed by atoms with E-state index < -0.39 is 0 Å². The van der Waals surface area contributed by atoms with E-state index in [0.717, 1.165) is 36.5 Å². The molecule has 26 heavy (non-hydrogen) atoms. The first-order chi connectivity index (χ1) is 12.7. The summed E-state index contributed by atoms with van der Waals surface area (Å²) in [7, 11) is 1.67. The minimum absolute atomic E-state index is 0.648. The summed E-state index contributed by atoms with van der Waals surface area (Å²) in [6.07, 6.45) is 3.95. The fourth-order valence-electron chi connectivity index (χ4n) is 2.26. The lowest BCUT2D eigenvalue weighted by molar-refractivity contribution is 0.414. The smallest absolute Gasteiger partial charge is 0.234 e. The fraction of sp³-hybridized carbons (Fsp3) is 0.188. The van der Waals surface area contributed by atoms with Gasteiger partial charge < -0.3 is 4.74 Å². The molecule has 10 heteroatoms. The Hall–Kier alpha value is -2.30. The molecule has 132 valence electrons. The van der Waals surface area contributed by atoms with Gasteiger partial charge >= 0.3 is 0 Å². The predicted molar refractivity (Wildman–Crippen MR) is 105 cm³/mol. The second-order valence-electron chi connectivity index (χ2n) is 5.20. The molecule has 4 rings (SSSR count). The summed E-state index contributed by atoms with van der Waals surface area (Å²) in [4.78, 5) is 0.772. The molecule has 0 saturated heterocycles. The first-order valence-electron chi connectivity index (χ1n) is 7.68. The van der Waals surface area contributed by atoms with Crippen LogP contribution in [0.5, 0.6) is 5.75 Å². The molecule has 0 fully saturated rings. The van der Waals surface area contributed by atoms with E-state index in [9.17, 15) is 0 Å². The summed E-state index contributed by atoms with van der Waals surface area (Å²) >= 11 is 4.65. The van der Waals surface area contributed by atoms with Crippen LogP contribution in [0.3, 0.4) is 0 Å². The molecular formula is C16H14N6OS3. The van der Waals surface area contributed by atoms with Gasteiger partial charge in [-0.05, 0) is 25.1 Å². The Balaban J connectivity index is 1.53. The van der Waals surface area contributed by atoms with E-state index in [1.54, 1.807) is 34.7 Å². The van der Waals surface area contributed by atoms with Crippen molar-refractivity contribution in [3.63, 3.8) is 0 Å². The van der Waals surface area contributed by atoms with Crippen molar-refractivity contribution < 1.29 is 4.74 Å². The number of ether oxygens (including phenoxy) is 1. The van der Waals surface area contributed by atoms with Crippen molar-refractivity contribution in [2.24, 2.45) is 0 Å². The lowest BCUT2D eigenvalue weighted by atomic mass is 10.2. The molecule has 0 aliphatic heterocycles. The first kappa shape index (κ1) is 17.1.